The van der Waals surface area contributed by atoms with Gasteiger partial charge in [-0.15, -0.1) is 12.4 Å². The van der Waals surface area contributed by atoms with Crippen LogP contribution in [0.1, 0.15) is 6.42 Å². The van der Waals surface area contributed by atoms with Crippen molar-refractivity contribution in [2.75, 3.05) is 13.7 Å². The van der Waals surface area contributed by atoms with Gasteiger partial charge in [0.25, 0.3) is 0 Å². The van der Waals surface area contributed by atoms with Gasteiger partial charge in [0, 0.05) is 13.0 Å². The monoisotopic (exact) mass is 257 g/mol. The second kappa shape index (κ2) is 6.47. The Bertz CT molecular complexity index is 358. The summed E-state index contributed by atoms with van der Waals surface area (Å²) in [5, 5.41) is 3.08. The first kappa shape index (κ1) is 13.8. The fraction of sp³-hybridized carbons (Fsp3) is 0.417. The lowest BCUT2D eigenvalue weighted by Crippen LogP contribution is -2.31. The van der Waals surface area contributed by atoms with Crippen molar-refractivity contribution in [1.29, 1.82) is 0 Å². The summed E-state index contributed by atoms with van der Waals surface area (Å²) >= 11 is 0. The van der Waals surface area contributed by atoms with Gasteiger partial charge in [-0.25, -0.2) is 0 Å². The molecule has 2 atom stereocenters. The Balaban J connectivity index is 0.00000144. The summed E-state index contributed by atoms with van der Waals surface area (Å²) < 4.78 is 10.4. The normalized spacial score (nSPS) is 22.6. The smallest absolute Gasteiger partial charge is 0.323 e. The summed E-state index contributed by atoms with van der Waals surface area (Å²) in [5.41, 5.74) is 0. The molecule has 1 aliphatic rings. The Morgan fingerprint density at radius 1 is 1.35 bits per heavy atom. The number of ether oxygens (including phenoxy) is 2. The molecule has 2 rings (SSSR count). The van der Waals surface area contributed by atoms with Crippen LogP contribution in [-0.4, -0.2) is 31.8 Å². The van der Waals surface area contributed by atoms with Gasteiger partial charge in [0.1, 0.15) is 17.9 Å². The van der Waals surface area contributed by atoms with Crippen molar-refractivity contribution in [2.45, 2.75) is 18.6 Å². The number of hydrogen-bond donors (Lipinski definition) is 1. The van der Waals surface area contributed by atoms with Gasteiger partial charge in [-0.2, -0.15) is 0 Å². The molecule has 4 nitrogen and oxygen atoms in total. The predicted octanol–water partition coefficient (Wildman–Crippen LogP) is 1.39. The highest BCUT2D eigenvalue weighted by Gasteiger charge is 2.31. The number of para-hydroxylation sites is 1. The van der Waals surface area contributed by atoms with Gasteiger partial charge in [-0.1, -0.05) is 18.2 Å². The second-order valence-electron chi connectivity index (χ2n) is 3.77. The number of hydrogen-bond acceptors (Lipinski definition) is 4. The zero-order chi connectivity index (χ0) is 11.4. The van der Waals surface area contributed by atoms with Crippen LogP contribution in [0.3, 0.4) is 0 Å². The number of carbonyl (C=O) groups excluding carboxylic acids is 1. The lowest BCUT2D eigenvalue weighted by atomic mass is 10.2. The third-order valence-corrected chi connectivity index (χ3v) is 2.62. The van der Waals surface area contributed by atoms with Crippen molar-refractivity contribution >= 4 is 18.4 Å². The quantitative estimate of drug-likeness (QED) is 0.832. The molecule has 0 aromatic heterocycles. The third kappa shape index (κ3) is 3.61. The average Bonchev–Trinajstić information content (AvgIpc) is 2.78. The van der Waals surface area contributed by atoms with Crippen LogP contribution >= 0.6 is 12.4 Å². The Morgan fingerprint density at radius 3 is 2.71 bits per heavy atom. The van der Waals surface area contributed by atoms with E-state index in [-0.39, 0.29) is 30.5 Å². The van der Waals surface area contributed by atoms with E-state index < -0.39 is 0 Å². The molecular formula is C12H16ClNO3. The van der Waals surface area contributed by atoms with Crippen molar-refractivity contribution in [3.8, 4) is 5.75 Å². The highest BCUT2D eigenvalue weighted by molar-refractivity contribution is 5.85. The predicted molar refractivity (Wildman–Crippen MR) is 66.5 cm³/mol. The van der Waals surface area contributed by atoms with E-state index in [4.69, 9.17) is 4.74 Å². The van der Waals surface area contributed by atoms with Crippen molar-refractivity contribution in [3.63, 3.8) is 0 Å². The molecule has 0 bridgehead atoms. The van der Waals surface area contributed by atoms with Crippen LogP contribution in [0.2, 0.25) is 0 Å². The first-order valence-electron chi connectivity index (χ1n) is 5.32. The molecular weight excluding hydrogens is 242 g/mol. The summed E-state index contributed by atoms with van der Waals surface area (Å²) in [7, 11) is 1.40. The molecule has 1 fully saturated rings. The molecule has 1 saturated heterocycles. The van der Waals surface area contributed by atoms with E-state index in [9.17, 15) is 4.79 Å². The van der Waals surface area contributed by atoms with Crippen molar-refractivity contribution < 1.29 is 14.3 Å². The minimum absolute atomic E-state index is 0. The maximum atomic E-state index is 11.3. The van der Waals surface area contributed by atoms with Crippen LogP contribution in [0, 0.1) is 0 Å². The van der Waals surface area contributed by atoms with Gasteiger partial charge in [0.2, 0.25) is 0 Å². The van der Waals surface area contributed by atoms with Crippen LogP contribution in [0.5, 0.6) is 5.75 Å². The lowest BCUT2D eigenvalue weighted by Gasteiger charge is -2.12. The molecule has 1 unspecified atom stereocenters. The summed E-state index contributed by atoms with van der Waals surface area (Å²) in [6.45, 7) is 0.675. The average molecular weight is 258 g/mol. The molecule has 0 aliphatic carbocycles. The topological polar surface area (TPSA) is 47.6 Å². The summed E-state index contributed by atoms with van der Waals surface area (Å²) in [6.07, 6.45) is 0.688. The molecule has 1 heterocycles. The lowest BCUT2D eigenvalue weighted by molar-refractivity contribution is -0.142. The number of carbonyl (C=O) groups is 1. The first-order valence-corrected chi connectivity index (χ1v) is 5.32. The van der Waals surface area contributed by atoms with Gasteiger partial charge < -0.3 is 14.8 Å². The minimum atomic E-state index is -0.237. The van der Waals surface area contributed by atoms with E-state index in [0.717, 1.165) is 5.75 Å². The molecule has 1 N–H and O–H groups in total. The highest BCUT2D eigenvalue weighted by Crippen LogP contribution is 2.17. The Kier molecular flexibility index (Phi) is 5.25. The summed E-state index contributed by atoms with van der Waals surface area (Å²) in [6, 6.07) is 9.37. The fourth-order valence-corrected chi connectivity index (χ4v) is 1.81. The van der Waals surface area contributed by atoms with Gasteiger partial charge >= 0.3 is 5.97 Å². The van der Waals surface area contributed by atoms with Crippen LogP contribution in [0.4, 0.5) is 0 Å². The molecule has 1 aromatic rings. The molecule has 17 heavy (non-hydrogen) atoms. The van der Waals surface area contributed by atoms with Crippen LogP contribution in [-0.2, 0) is 9.53 Å². The minimum Gasteiger partial charge on any atom is -0.489 e. The van der Waals surface area contributed by atoms with E-state index in [1.54, 1.807) is 0 Å². The molecule has 94 valence electrons. The summed E-state index contributed by atoms with van der Waals surface area (Å²) in [4.78, 5) is 11.3. The van der Waals surface area contributed by atoms with Gasteiger partial charge in [0.05, 0.1) is 7.11 Å². The maximum absolute atomic E-state index is 11.3. The van der Waals surface area contributed by atoms with Crippen LogP contribution in [0.15, 0.2) is 30.3 Å². The Labute approximate surface area is 107 Å². The van der Waals surface area contributed by atoms with E-state index in [1.165, 1.54) is 7.11 Å². The van der Waals surface area contributed by atoms with Crippen molar-refractivity contribution in [2.24, 2.45) is 0 Å². The number of halogens is 1. The molecule has 1 aliphatic heterocycles. The zero-order valence-electron chi connectivity index (χ0n) is 9.59. The van der Waals surface area contributed by atoms with E-state index >= 15 is 0 Å². The second-order valence-corrected chi connectivity index (χ2v) is 3.77. The van der Waals surface area contributed by atoms with Gasteiger partial charge in [0.15, 0.2) is 0 Å². The Hall–Kier alpha value is -1.26. The molecule has 0 saturated carbocycles. The number of esters is 1. The highest BCUT2D eigenvalue weighted by atomic mass is 35.5. The molecule has 0 amide bonds. The van der Waals surface area contributed by atoms with Crippen molar-refractivity contribution in [1.82, 2.24) is 5.32 Å². The standard InChI is InChI=1S/C12H15NO3.ClH/c1-15-12(14)11-7-10(8-13-11)16-9-5-3-2-4-6-9;/h2-6,10-11,13H,7-8H2,1H3;1H/t10?,11-;/m0./s1. The van der Waals surface area contributed by atoms with Crippen LogP contribution in [0.25, 0.3) is 0 Å². The number of nitrogens with one attached hydrogen (secondary N) is 1. The third-order valence-electron chi connectivity index (χ3n) is 2.62. The number of benzene rings is 1. The number of methoxy groups -OCH3 is 1. The zero-order valence-corrected chi connectivity index (χ0v) is 10.4. The van der Waals surface area contributed by atoms with E-state index in [1.807, 2.05) is 30.3 Å². The first-order chi connectivity index (χ1) is 7.79. The van der Waals surface area contributed by atoms with Gasteiger partial charge in [-0.05, 0) is 12.1 Å². The maximum Gasteiger partial charge on any atom is 0.323 e. The number of rotatable bonds is 3. The Morgan fingerprint density at radius 2 is 2.06 bits per heavy atom. The summed E-state index contributed by atoms with van der Waals surface area (Å²) in [5.74, 6) is 0.610. The van der Waals surface area contributed by atoms with Gasteiger partial charge in [-0.3, -0.25) is 4.79 Å². The molecule has 1 aromatic carbocycles. The molecule has 0 spiro atoms. The largest absolute Gasteiger partial charge is 0.489 e. The molecule has 5 heteroatoms. The van der Waals surface area contributed by atoms with E-state index in [2.05, 4.69) is 10.1 Å². The fourth-order valence-electron chi connectivity index (χ4n) is 1.81. The van der Waals surface area contributed by atoms with E-state index in [0.29, 0.717) is 13.0 Å². The van der Waals surface area contributed by atoms with Crippen LogP contribution < -0.4 is 10.1 Å². The molecule has 0 radical (unpaired) electrons. The van der Waals surface area contributed by atoms with Crippen molar-refractivity contribution in [3.05, 3.63) is 30.3 Å². The SMILES string of the molecule is COC(=O)[C@@H]1CC(Oc2ccccc2)CN1.Cl.